The Bertz CT molecular complexity index is 535. The van der Waals surface area contributed by atoms with Crippen LogP contribution in [-0.2, 0) is 4.74 Å². The highest BCUT2D eigenvalue weighted by molar-refractivity contribution is 6.00. The van der Waals surface area contributed by atoms with Gasteiger partial charge in [0.2, 0.25) is 0 Å². The summed E-state index contributed by atoms with van der Waals surface area (Å²) in [6, 6.07) is 2.57. The number of carboxylic acids is 1. The standard InChI is InChI=1S/C13H15FN2O4/c1-8-7-20-5-4-16(8)13(19)15-11-6-9(14)2-3-10(11)12(17)18/h2-3,6,8H,4-5,7H2,1H3,(H,15,19)(H,17,18). The van der Waals surface area contributed by atoms with Gasteiger partial charge in [-0.25, -0.2) is 14.0 Å². The fourth-order valence-electron chi connectivity index (χ4n) is 2.02. The van der Waals surface area contributed by atoms with Gasteiger partial charge in [0.25, 0.3) is 0 Å². The van der Waals surface area contributed by atoms with Crippen LogP contribution in [0.2, 0.25) is 0 Å². The van der Waals surface area contributed by atoms with Crippen molar-refractivity contribution < 1.29 is 23.8 Å². The fraction of sp³-hybridized carbons (Fsp3) is 0.385. The molecular weight excluding hydrogens is 267 g/mol. The zero-order valence-corrected chi connectivity index (χ0v) is 10.9. The number of rotatable bonds is 2. The summed E-state index contributed by atoms with van der Waals surface area (Å²) in [5, 5.41) is 11.5. The number of aromatic carboxylic acids is 1. The Labute approximate surface area is 115 Å². The van der Waals surface area contributed by atoms with Gasteiger partial charge in [0.1, 0.15) is 5.82 Å². The first-order chi connectivity index (χ1) is 9.49. The van der Waals surface area contributed by atoms with Gasteiger partial charge in [0, 0.05) is 6.54 Å². The number of urea groups is 1. The molecule has 1 atom stereocenters. The monoisotopic (exact) mass is 282 g/mol. The van der Waals surface area contributed by atoms with Crippen LogP contribution in [0.15, 0.2) is 18.2 Å². The van der Waals surface area contributed by atoms with Gasteiger partial charge in [-0.1, -0.05) is 0 Å². The van der Waals surface area contributed by atoms with Crippen LogP contribution in [0.3, 0.4) is 0 Å². The Balaban J connectivity index is 2.18. The smallest absolute Gasteiger partial charge is 0.337 e. The molecule has 2 rings (SSSR count). The molecule has 1 aromatic carbocycles. The second-order valence-electron chi connectivity index (χ2n) is 4.54. The van der Waals surface area contributed by atoms with Gasteiger partial charge in [-0.15, -0.1) is 0 Å². The van der Waals surface area contributed by atoms with Crippen LogP contribution >= 0.6 is 0 Å². The highest BCUT2D eigenvalue weighted by Gasteiger charge is 2.25. The first-order valence-electron chi connectivity index (χ1n) is 6.17. The van der Waals surface area contributed by atoms with Crippen LogP contribution in [0.5, 0.6) is 0 Å². The van der Waals surface area contributed by atoms with E-state index < -0.39 is 17.8 Å². The highest BCUT2D eigenvalue weighted by atomic mass is 19.1. The molecule has 7 heteroatoms. The van der Waals surface area contributed by atoms with Crippen LogP contribution in [-0.4, -0.2) is 47.8 Å². The van der Waals surface area contributed by atoms with Gasteiger partial charge in [0.15, 0.2) is 0 Å². The fourth-order valence-corrected chi connectivity index (χ4v) is 2.02. The molecule has 0 bridgehead atoms. The van der Waals surface area contributed by atoms with Gasteiger partial charge in [-0.2, -0.15) is 0 Å². The van der Waals surface area contributed by atoms with Crippen molar-refractivity contribution in [1.29, 1.82) is 0 Å². The number of morpholine rings is 1. The van der Waals surface area contributed by atoms with Crippen LogP contribution in [0.25, 0.3) is 0 Å². The lowest BCUT2D eigenvalue weighted by molar-refractivity contribution is 0.0221. The first-order valence-corrected chi connectivity index (χ1v) is 6.17. The molecule has 0 aromatic heterocycles. The minimum atomic E-state index is -1.23. The first kappa shape index (κ1) is 14.3. The largest absolute Gasteiger partial charge is 0.478 e. The van der Waals surface area contributed by atoms with Crippen molar-refractivity contribution in [2.24, 2.45) is 0 Å². The molecule has 1 unspecified atom stereocenters. The van der Waals surface area contributed by atoms with Crippen LogP contribution in [0.1, 0.15) is 17.3 Å². The summed E-state index contributed by atoms with van der Waals surface area (Å²) < 4.78 is 18.4. The van der Waals surface area contributed by atoms with E-state index in [0.29, 0.717) is 19.8 Å². The van der Waals surface area contributed by atoms with Gasteiger partial charge >= 0.3 is 12.0 Å². The number of benzene rings is 1. The third-order valence-electron chi connectivity index (χ3n) is 3.08. The number of hydrogen-bond acceptors (Lipinski definition) is 3. The Kier molecular flexibility index (Phi) is 4.19. The van der Waals surface area contributed by atoms with Crippen molar-refractivity contribution in [1.82, 2.24) is 4.90 Å². The maximum absolute atomic E-state index is 13.2. The number of amides is 2. The maximum Gasteiger partial charge on any atom is 0.337 e. The third-order valence-corrected chi connectivity index (χ3v) is 3.08. The lowest BCUT2D eigenvalue weighted by atomic mass is 10.1. The minimum Gasteiger partial charge on any atom is -0.478 e. The third kappa shape index (κ3) is 3.05. The lowest BCUT2D eigenvalue weighted by Crippen LogP contribution is -2.49. The van der Waals surface area contributed by atoms with Crippen molar-refractivity contribution in [2.45, 2.75) is 13.0 Å². The Morgan fingerprint density at radius 3 is 2.90 bits per heavy atom. The minimum absolute atomic E-state index is 0.0545. The molecule has 6 nitrogen and oxygen atoms in total. The summed E-state index contributed by atoms with van der Waals surface area (Å²) in [7, 11) is 0. The van der Waals surface area contributed by atoms with Crippen LogP contribution in [0.4, 0.5) is 14.9 Å². The molecule has 1 saturated heterocycles. The Morgan fingerprint density at radius 1 is 1.50 bits per heavy atom. The van der Waals surface area contributed by atoms with E-state index in [1.54, 1.807) is 0 Å². The molecular formula is C13H15FN2O4. The molecule has 1 heterocycles. The van der Waals surface area contributed by atoms with Crippen molar-refractivity contribution in [3.8, 4) is 0 Å². The summed E-state index contributed by atoms with van der Waals surface area (Å²) >= 11 is 0. The molecule has 1 aliphatic rings. The molecule has 0 radical (unpaired) electrons. The number of carbonyl (C=O) groups is 2. The van der Waals surface area contributed by atoms with Crippen molar-refractivity contribution in [3.63, 3.8) is 0 Å². The van der Waals surface area contributed by atoms with Gasteiger partial charge < -0.3 is 20.1 Å². The molecule has 1 fully saturated rings. The number of carbonyl (C=O) groups excluding carboxylic acids is 1. The van der Waals surface area contributed by atoms with E-state index in [2.05, 4.69) is 5.32 Å². The molecule has 1 aliphatic heterocycles. The highest BCUT2D eigenvalue weighted by Crippen LogP contribution is 2.19. The number of anilines is 1. The van der Waals surface area contributed by atoms with Crippen molar-refractivity contribution >= 4 is 17.7 Å². The van der Waals surface area contributed by atoms with E-state index in [9.17, 15) is 14.0 Å². The SMILES string of the molecule is CC1COCCN1C(=O)Nc1cc(F)ccc1C(=O)O. The number of nitrogens with zero attached hydrogens (tertiary/aromatic N) is 1. The Morgan fingerprint density at radius 2 is 2.25 bits per heavy atom. The van der Waals surface area contributed by atoms with E-state index in [1.807, 2.05) is 6.92 Å². The quantitative estimate of drug-likeness (QED) is 0.866. The molecule has 2 amide bonds. The number of carboxylic acid groups (broad SMARTS) is 1. The summed E-state index contributed by atoms with van der Waals surface area (Å²) in [5.41, 5.74) is -0.207. The molecule has 108 valence electrons. The van der Waals surface area contributed by atoms with Crippen molar-refractivity contribution in [3.05, 3.63) is 29.6 Å². The molecule has 1 aromatic rings. The summed E-state index contributed by atoms with van der Waals surface area (Å²) in [6.07, 6.45) is 0. The van der Waals surface area contributed by atoms with E-state index in [4.69, 9.17) is 9.84 Å². The van der Waals surface area contributed by atoms with Gasteiger partial charge in [-0.05, 0) is 25.1 Å². The predicted molar refractivity (Wildman–Crippen MR) is 69.4 cm³/mol. The normalized spacial score (nSPS) is 18.7. The number of ether oxygens (including phenoxy) is 1. The van der Waals surface area contributed by atoms with E-state index >= 15 is 0 Å². The van der Waals surface area contributed by atoms with Crippen molar-refractivity contribution in [2.75, 3.05) is 25.1 Å². The number of nitrogens with one attached hydrogen (secondary N) is 1. The average Bonchev–Trinajstić information content (AvgIpc) is 2.38. The van der Waals surface area contributed by atoms with Gasteiger partial charge in [0.05, 0.1) is 30.5 Å². The molecule has 2 N–H and O–H groups in total. The van der Waals surface area contributed by atoms with E-state index in [-0.39, 0.29) is 17.3 Å². The Hall–Kier alpha value is -2.15. The second kappa shape index (κ2) is 5.87. The average molecular weight is 282 g/mol. The molecule has 20 heavy (non-hydrogen) atoms. The predicted octanol–water partition coefficient (Wildman–Crippen LogP) is 1.78. The lowest BCUT2D eigenvalue weighted by Gasteiger charge is -2.33. The van der Waals surface area contributed by atoms with E-state index in [0.717, 1.165) is 18.2 Å². The summed E-state index contributed by atoms with van der Waals surface area (Å²) in [4.78, 5) is 24.7. The summed E-state index contributed by atoms with van der Waals surface area (Å²) in [5.74, 6) is -1.84. The molecule has 0 aliphatic carbocycles. The van der Waals surface area contributed by atoms with Gasteiger partial charge in [-0.3, -0.25) is 0 Å². The maximum atomic E-state index is 13.2. The zero-order chi connectivity index (χ0) is 14.7. The number of halogens is 1. The second-order valence-corrected chi connectivity index (χ2v) is 4.54. The van der Waals surface area contributed by atoms with E-state index in [1.165, 1.54) is 4.90 Å². The topological polar surface area (TPSA) is 78.9 Å². The molecule has 0 spiro atoms. The number of hydrogen-bond donors (Lipinski definition) is 2. The van der Waals surface area contributed by atoms with Crippen LogP contribution < -0.4 is 5.32 Å². The zero-order valence-electron chi connectivity index (χ0n) is 10.9. The van der Waals surface area contributed by atoms with Crippen LogP contribution in [0, 0.1) is 5.82 Å². The molecule has 0 saturated carbocycles. The summed E-state index contributed by atoms with van der Waals surface area (Å²) in [6.45, 7) is 3.07.